The van der Waals surface area contributed by atoms with Crippen LogP contribution >= 0.6 is 0 Å². The van der Waals surface area contributed by atoms with Crippen molar-refractivity contribution in [3.05, 3.63) is 77.0 Å². The summed E-state index contributed by atoms with van der Waals surface area (Å²) in [5.74, 6) is 0.325. The van der Waals surface area contributed by atoms with Crippen molar-refractivity contribution in [2.45, 2.75) is 38.9 Å². The molecule has 0 atom stereocenters. The van der Waals surface area contributed by atoms with E-state index in [1.54, 1.807) is 18.3 Å². The third-order valence-electron chi connectivity index (χ3n) is 5.27. The number of nitrogens with zero attached hydrogens (tertiary/aromatic N) is 4. The number of fused-ring (bicyclic) bond motifs is 1. The standard InChI is InChI=1S/C23H22F3N5O/c1-15-11-19-18(29-22(15)30-21(32)12-17-5-2-3-9-27-17)6-4-10-31(19)14-16-7-8-20(28-13-16)23(24,25)26/h2-3,5,7-9,11,13H,4,6,10,12,14H2,1H3,(H,29,30,32). The van der Waals surface area contributed by atoms with Crippen LogP contribution in [0.5, 0.6) is 0 Å². The Morgan fingerprint density at radius 2 is 2.03 bits per heavy atom. The van der Waals surface area contributed by atoms with Crippen molar-refractivity contribution in [3.63, 3.8) is 0 Å². The number of aryl methyl sites for hydroxylation is 2. The molecule has 0 radical (unpaired) electrons. The van der Waals surface area contributed by atoms with Crippen LogP contribution in [0, 0.1) is 6.92 Å². The van der Waals surface area contributed by atoms with E-state index >= 15 is 0 Å². The van der Waals surface area contributed by atoms with Gasteiger partial charge in [-0.2, -0.15) is 13.2 Å². The summed E-state index contributed by atoms with van der Waals surface area (Å²) in [7, 11) is 0. The van der Waals surface area contributed by atoms with Crippen molar-refractivity contribution in [2.24, 2.45) is 0 Å². The molecule has 32 heavy (non-hydrogen) atoms. The van der Waals surface area contributed by atoms with Crippen LogP contribution in [0.2, 0.25) is 0 Å². The lowest BCUT2D eigenvalue weighted by Gasteiger charge is -2.31. The van der Waals surface area contributed by atoms with E-state index in [1.165, 1.54) is 12.3 Å². The number of rotatable bonds is 5. The van der Waals surface area contributed by atoms with Gasteiger partial charge in [-0.15, -0.1) is 0 Å². The zero-order valence-electron chi connectivity index (χ0n) is 17.5. The molecular weight excluding hydrogens is 419 g/mol. The number of anilines is 2. The van der Waals surface area contributed by atoms with Crippen molar-refractivity contribution in [1.29, 1.82) is 0 Å². The molecule has 1 aliphatic rings. The van der Waals surface area contributed by atoms with E-state index in [1.807, 2.05) is 19.1 Å². The monoisotopic (exact) mass is 441 g/mol. The Labute approximate surface area is 183 Å². The number of pyridine rings is 3. The average Bonchev–Trinajstić information content (AvgIpc) is 2.75. The Hall–Kier alpha value is -3.49. The average molecular weight is 441 g/mol. The van der Waals surface area contributed by atoms with E-state index in [0.717, 1.165) is 42.4 Å². The van der Waals surface area contributed by atoms with Crippen molar-refractivity contribution in [2.75, 3.05) is 16.8 Å². The van der Waals surface area contributed by atoms with Crippen LogP contribution < -0.4 is 10.2 Å². The van der Waals surface area contributed by atoms with Gasteiger partial charge >= 0.3 is 6.18 Å². The molecule has 0 aliphatic carbocycles. The highest BCUT2D eigenvalue weighted by Crippen LogP contribution is 2.31. The molecule has 0 unspecified atom stereocenters. The van der Waals surface area contributed by atoms with Crippen LogP contribution in [0.1, 0.15) is 34.6 Å². The van der Waals surface area contributed by atoms with E-state index in [-0.39, 0.29) is 12.3 Å². The normalized spacial score (nSPS) is 13.6. The highest BCUT2D eigenvalue weighted by atomic mass is 19.4. The molecule has 0 saturated heterocycles. The minimum Gasteiger partial charge on any atom is -0.366 e. The highest BCUT2D eigenvalue weighted by molar-refractivity contribution is 5.92. The van der Waals surface area contributed by atoms with Crippen LogP contribution in [-0.4, -0.2) is 27.4 Å². The largest absolute Gasteiger partial charge is 0.433 e. The number of nitrogens with one attached hydrogen (secondary N) is 1. The van der Waals surface area contributed by atoms with Gasteiger partial charge in [-0.05, 0) is 55.2 Å². The maximum absolute atomic E-state index is 12.8. The zero-order chi connectivity index (χ0) is 22.7. The third-order valence-corrected chi connectivity index (χ3v) is 5.27. The predicted molar refractivity (Wildman–Crippen MR) is 114 cm³/mol. The smallest absolute Gasteiger partial charge is 0.366 e. The number of carbonyl (C=O) groups excluding carboxylic acids is 1. The topological polar surface area (TPSA) is 71.0 Å². The van der Waals surface area contributed by atoms with Crippen molar-refractivity contribution < 1.29 is 18.0 Å². The van der Waals surface area contributed by atoms with Gasteiger partial charge in [0.1, 0.15) is 11.5 Å². The Morgan fingerprint density at radius 1 is 1.19 bits per heavy atom. The van der Waals surface area contributed by atoms with Crippen LogP contribution in [0.3, 0.4) is 0 Å². The van der Waals surface area contributed by atoms with E-state index < -0.39 is 11.9 Å². The second-order valence-electron chi connectivity index (χ2n) is 7.74. The van der Waals surface area contributed by atoms with Gasteiger partial charge in [0.15, 0.2) is 0 Å². The van der Waals surface area contributed by atoms with Gasteiger partial charge in [-0.1, -0.05) is 12.1 Å². The fraction of sp³-hybridized carbons (Fsp3) is 0.304. The van der Waals surface area contributed by atoms with Gasteiger partial charge < -0.3 is 10.2 Å². The van der Waals surface area contributed by atoms with Crippen LogP contribution in [0.15, 0.2) is 48.8 Å². The SMILES string of the molecule is Cc1cc2c(nc1NC(=O)Cc1ccccn1)CCCN2Cc1ccc(C(F)(F)F)nc1. The molecule has 0 spiro atoms. The summed E-state index contributed by atoms with van der Waals surface area (Å²) in [5, 5.41) is 2.87. The predicted octanol–water partition coefficient (Wildman–Crippen LogP) is 4.33. The lowest BCUT2D eigenvalue weighted by molar-refractivity contribution is -0.141. The third kappa shape index (κ3) is 5.04. The number of alkyl halides is 3. The number of aromatic nitrogens is 3. The molecule has 0 saturated carbocycles. The van der Waals surface area contributed by atoms with Gasteiger partial charge in [-0.25, -0.2) is 4.98 Å². The van der Waals surface area contributed by atoms with E-state index in [2.05, 4.69) is 25.2 Å². The van der Waals surface area contributed by atoms with Gasteiger partial charge in [0.05, 0.1) is 17.8 Å². The summed E-state index contributed by atoms with van der Waals surface area (Å²) in [6.45, 7) is 3.07. The summed E-state index contributed by atoms with van der Waals surface area (Å²) >= 11 is 0. The molecule has 4 heterocycles. The first kappa shape index (κ1) is 21.7. The molecule has 4 rings (SSSR count). The molecular formula is C23H22F3N5O. The van der Waals surface area contributed by atoms with E-state index in [4.69, 9.17) is 0 Å². The summed E-state index contributed by atoms with van der Waals surface area (Å²) in [5.41, 5.74) is 3.07. The Morgan fingerprint density at radius 3 is 2.72 bits per heavy atom. The fourth-order valence-electron chi connectivity index (χ4n) is 3.69. The van der Waals surface area contributed by atoms with Crippen molar-refractivity contribution in [1.82, 2.24) is 15.0 Å². The second-order valence-corrected chi connectivity index (χ2v) is 7.74. The highest BCUT2D eigenvalue weighted by Gasteiger charge is 2.32. The molecule has 1 N–H and O–H groups in total. The molecule has 166 valence electrons. The first-order valence-electron chi connectivity index (χ1n) is 10.3. The Bertz CT molecular complexity index is 1100. The summed E-state index contributed by atoms with van der Waals surface area (Å²) in [6, 6.07) is 9.85. The maximum Gasteiger partial charge on any atom is 0.433 e. The lowest BCUT2D eigenvalue weighted by Crippen LogP contribution is -2.30. The first-order chi connectivity index (χ1) is 15.3. The number of halogens is 3. The number of amides is 1. The minimum atomic E-state index is -4.45. The summed E-state index contributed by atoms with van der Waals surface area (Å²) < 4.78 is 38.3. The molecule has 0 fully saturated rings. The van der Waals surface area contributed by atoms with Gasteiger partial charge in [0, 0.05) is 31.2 Å². The summed E-state index contributed by atoms with van der Waals surface area (Å²) in [6.07, 6.45) is 0.245. The molecule has 0 aromatic carbocycles. The van der Waals surface area contributed by atoms with Crippen molar-refractivity contribution in [3.8, 4) is 0 Å². The molecule has 1 amide bonds. The Balaban J connectivity index is 1.49. The molecule has 3 aromatic rings. The minimum absolute atomic E-state index is 0.159. The van der Waals surface area contributed by atoms with Gasteiger partial charge in [0.25, 0.3) is 0 Å². The molecule has 9 heteroatoms. The maximum atomic E-state index is 12.8. The van der Waals surface area contributed by atoms with E-state index in [0.29, 0.717) is 23.6 Å². The lowest BCUT2D eigenvalue weighted by atomic mass is 10.0. The zero-order valence-corrected chi connectivity index (χ0v) is 17.5. The fourth-order valence-corrected chi connectivity index (χ4v) is 3.69. The van der Waals surface area contributed by atoms with Crippen LogP contribution in [0.25, 0.3) is 0 Å². The van der Waals surface area contributed by atoms with E-state index in [9.17, 15) is 18.0 Å². The number of carbonyl (C=O) groups is 1. The quantitative estimate of drug-likeness (QED) is 0.638. The summed E-state index contributed by atoms with van der Waals surface area (Å²) in [4.78, 5) is 26.9. The Kier molecular flexibility index (Phi) is 6.07. The van der Waals surface area contributed by atoms with Crippen molar-refractivity contribution >= 4 is 17.4 Å². The number of hydrogen-bond acceptors (Lipinski definition) is 5. The van der Waals surface area contributed by atoms with Gasteiger partial charge in [-0.3, -0.25) is 14.8 Å². The van der Waals surface area contributed by atoms with Crippen LogP contribution in [0.4, 0.5) is 24.7 Å². The molecule has 1 aliphatic heterocycles. The molecule has 3 aromatic heterocycles. The van der Waals surface area contributed by atoms with Gasteiger partial charge in [0.2, 0.25) is 5.91 Å². The second kappa shape index (κ2) is 8.94. The van der Waals surface area contributed by atoms with Crippen LogP contribution in [-0.2, 0) is 30.4 Å². The number of hydrogen-bond donors (Lipinski definition) is 1. The first-order valence-corrected chi connectivity index (χ1v) is 10.3. The molecule has 0 bridgehead atoms. The molecule has 6 nitrogen and oxygen atoms in total.